The van der Waals surface area contributed by atoms with Crippen molar-refractivity contribution in [2.75, 3.05) is 13.1 Å². The molecule has 1 N–H and O–H groups in total. The molecule has 17 heavy (non-hydrogen) atoms. The third-order valence-corrected chi connectivity index (χ3v) is 3.57. The molecule has 1 saturated heterocycles. The number of hydrogen-bond acceptors (Lipinski definition) is 3. The quantitative estimate of drug-likeness (QED) is 0.833. The van der Waals surface area contributed by atoms with Crippen LogP contribution in [0.5, 0.6) is 5.75 Å². The molecule has 5 heteroatoms. The average Bonchev–Trinajstić information content (AvgIpc) is 2.22. The maximum absolute atomic E-state index is 10.9. The molecule has 1 aromatic carbocycles. The van der Waals surface area contributed by atoms with Crippen LogP contribution in [0.3, 0.4) is 0 Å². The van der Waals surface area contributed by atoms with Crippen LogP contribution >= 0.6 is 0 Å². The molecular formula is C12H17NO3S. The summed E-state index contributed by atoms with van der Waals surface area (Å²) in [5.41, 5.74) is 0. The minimum absolute atomic E-state index is 0.194. The number of nitrogens with zero attached hydrogens (tertiary/aromatic N) is 1. The Balaban J connectivity index is 1.92. The van der Waals surface area contributed by atoms with Gasteiger partial charge in [-0.2, -0.15) is 0 Å². The average molecular weight is 255 g/mol. The molecule has 0 aromatic heterocycles. The van der Waals surface area contributed by atoms with Gasteiger partial charge in [-0.1, -0.05) is 6.07 Å². The predicted octanol–water partition coefficient (Wildman–Crippen LogP) is 1.74. The molecule has 0 saturated carbocycles. The third kappa shape index (κ3) is 3.06. The van der Waals surface area contributed by atoms with Crippen molar-refractivity contribution in [3.63, 3.8) is 0 Å². The summed E-state index contributed by atoms with van der Waals surface area (Å²) in [6, 6.07) is 7.33. The molecule has 1 aliphatic rings. The fourth-order valence-electron chi connectivity index (χ4n) is 1.81. The summed E-state index contributed by atoms with van der Waals surface area (Å²) in [7, 11) is 0. The molecule has 94 valence electrons. The maximum Gasteiger partial charge on any atom is 0.186 e. The van der Waals surface area contributed by atoms with Gasteiger partial charge in [-0.25, -0.2) is 4.21 Å². The van der Waals surface area contributed by atoms with E-state index >= 15 is 0 Å². The summed E-state index contributed by atoms with van der Waals surface area (Å²) < 4.78 is 25.6. The molecule has 1 fully saturated rings. The fourth-order valence-corrected chi connectivity index (χ4v) is 2.23. The normalized spacial score (nSPS) is 19.1. The summed E-state index contributed by atoms with van der Waals surface area (Å²) in [4.78, 5) is 2.70. The van der Waals surface area contributed by atoms with Crippen molar-refractivity contribution in [2.24, 2.45) is 0 Å². The Bertz CT molecular complexity index is 416. The zero-order valence-corrected chi connectivity index (χ0v) is 10.8. The summed E-state index contributed by atoms with van der Waals surface area (Å²) in [6.07, 6.45) is 0.194. The first kappa shape index (κ1) is 12.5. The van der Waals surface area contributed by atoms with Crippen LogP contribution in [0.25, 0.3) is 0 Å². The Kier molecular flexibility index (Phi) is 3.81. The van der Waals surface area contributed by atoms with Crippen molar-refractivity contribution in [2.45, 2.75) is 30.9 Å². The summed E-state index contributed by atoms with van der Waals surface area (Å²) >= 11 is -1.94. The van der Waals surface area contributed by atoms with Gasteiger partial charge in [0.25, 0.3) is 0 Å². The highest BCUT2D eigenvalue weighted by Crippen LogP contribution is 2.21. The zero-order chi connectivity index (χ0) is 12.4. The lowest BCUT2D eigenvalue weighted by Crippen LogP contribution is -2.56. The minimum Gasteiger partial charge on any atom is -0.488 e. The number of benzene rings is 1. The maximum atomic E-state index is 10.9. The van der Waals surface area contributed by atoms with E-state index in [1.54, 1.807) is 18.2 Å². The molecule has 1 unspecified atom stereocenters. The second kappa shape index (κ2) is 5.16. The summed E-state index contributed by atoms with van der Waals surface area (Å²) in [5, 5.41) is 0. The number of likely N-dealkylation sites (tertiary alicyclic amines) is 1. The van der Waals surface area contributed by atoms with E-state index in [9.17, 15) is 4.21 Å². The standard InChI is InChI=1S/C12H17NO3S/c1-9(2)13-7-11(8-13)16-10-4-3-5-12(6-10)17(14)15/h3-6,9,11H,7-8H2,1-2H3,(H,14,15). The largest absolute Gasteiger partial charge is 0.488 e. The van der Waals surface area contributed by atoms with Crippen LogP contribution in [0.2, 0.25) is 0 Å². The monoisotopic (exact) mass is 255 g/mol. The van der Waals surface area contributed by atoms with Gasteiger partial charge in [0.05, 0.1) is 4.90 Å². The van der Waals surface area contributed by atoms with Crippen LogP contribution in [-0.4, -0.2) is 38.9 Å². The highest BCUT2D eigenvalue weighted by molar-refractivity contribution is 7.79. The van der Waals surface area contributed by atoms with Gasteiger partial charge < -0.3 is 9.29 Å². The summed E-state index contributed by atoms with van der Waals surface area (Å²) in [6.45, 7) is 6.16. The lowest BCUT2D eigenvalue weighted by molar-refractivity contribution is 0.0000337. The van der Waals surface area contributed by atoms with Crippen molar-refractivity contribution < 1.29 is 13.5 Å². The van der Waals surface area contributed by atoms with Crippen molar-refractivity contribution in [3.05, 3.63) is 24.3 Å². The van der Waals surface area contributed by atoms with E-state index in [1.165, 1.54) is 0 Å². The van der Waals surface area contributed by atoms with Gasteiger partial charge >= 0.3 is 0 Å². The first-order valence-corrected chi connectivity index (χ1v) is 6.78. The molecule has 0 radical (unpaired) electrons. The lowest BCUT2D eigenvalue weighted by Gasteiger charge is -2.41. The van der Waals surface area contributed by atoms with Crippen LogP contribution in [0.1, 0.15) is 13.8 Å². The van der Waals surface area contributed by atoms with Crippen LogP contribution < -0.4 is 4.74 Å². The SMILES string of the molecule is CC(C)N1CC(Oc2cccc(S(=O)O)c2)C1. The van der Waals surface area contributed by atoms with Gasteiger partial charge in [-0.15, -0.1) is 0 Å². The molecule has 0 aliphatic carbocycles. The molecule has 1 aliphatic heterocycles. The van der Waals surface area contributed by atoms with Gasteiger partial charge in [0.15, 0.2) is 11.1 Å². The molecule has 2 rings (SSSR count). The van der Waals surface area contributed by atoms with Crippen LogP contribution in [-0.2, 0) is 11.1 Å². The van der Waals surface area contributed by atoms with Crippen molar-refractivity contribution in [3.8, 4) is 5.75 Å². The van der Waals surface area contributed by atoms with Gasteiger partial charge in [0, 0.05) is 19.1 Å². The Morgan fingerprint density at radius 2 is 2.18 bits per heavy atom. The van der Waals surface area contributed by atoms with Crippen molar-refractivity contribution in [1.82, 2.24) is 4.90 Å². The van der Waals surface area contributed by atoms with Gasteiger partial charge in [-0.05, 0) is 32.0 Å². The first-order chi connectivity index (χ1) is 8.06. The van der Waals surface area contributed by atoms with Crippen LogP contribution in [0.4, 0.5) is 0 Å². The van der Waals surface area contributed by atoms with E-state index in [4.69, 9.17) is 9.29 Å². The van der Waals surface area contributed by atoms with E-state index in [-0.39, 0.29) is 6.10 Å². The molecule has 0 bridgehead atoms. The van der Waals surface area contributed by atoms with Gasteiger partial charge in [0.1, 0.15) is 11.9 Å². The van der Waals surface area contributed by atoms with Crippen molar-refractivity contribution in [1.29, 1.82) is 0 Å². The van der Waals surface area contributed by atoms with E-state index < -0.39 is 11.1 Å². The van der Waals surface area contributed by atoms with E-state index in [0.29, 0.717) is 16.7 Å². The Labute approximate surface area is 104 Å². The second-order valence-electron chi connectivity index (χ2n) is 4.51. The minimum atomic E-state index is -1.94. The second-order valence-corrected chi connectivity index (χ2v) is 5.48. The zero-order valence-electron chi connectivity index (χ0n) is 10.00. The number of rotatable bonds is 4. The first-order valence-electron chi connectivity index (χ1n) is 5.68. The van der Waals surface area contributed by atoms with E-state index in [0.717, 1.165) is 13.1 Å². The lowest BCUT2D eigenvalue weighted by atomic mass is 10.1. The smallest absolute Gasteiger partial charge is 0.186 e. The van der Waals surface area contributed by atoms with Crippen LogP contribution in [0, 0.1) is 0 Å². The molecule has 1 atom stereocenters. The van der Waals surface area contributed by atoms with Gasteiger partial charge in [-0.3, -0.25) is 4.90 Å². The molecule has 1 aromatic rings. The Hall–Kier alpha value is -0.910. The number of ether oxygens (including phenoxy) is 1. The van der Waals surface area contributed by atoms with Crippen LogP contribution in [0.15, 0.2) is 29.2 Å². The molecule has 0 spiro atoms. The molecular weight excluding hydrogens is 238 g/mol. The third-order valence-electron chi connectivity index (χ3n) is 2.92. The topological polar surface area (TPSA) is 49.8 Å². The molecule has 0 amide bonds. The highest BCUT2D eigenvalue weighted by atomic mass is 32.2. The fraction of sp³-hybridized carbons (Fsp3) is 0.500. The Morgan fingerprint density at radius 3 is 2.76 bits per heavy atom. The predicted molar refractivity (Wildman–Crippen MR) is 66.6 cm³/mol. The number of hydrogen-bond donors (Lipinski definition) is 1. The van der Waals surface area contributed by atoms with Gasteiger partial charge in [0.2, 0.25) is 0 Å². The summed E-state index contributed by atoms with van der Waals surface area (Å²) in [5.74, 6) is 0.665. The molecule has 1 heterocycles. The molecule has 4 nitrogen and oxygen atoms in total. The van der Waals surface area contributed by atoms with Crippen molar-refractivity contribution >= 4 is 11.1 Å². The van der Waals surface area contributed by atoms with E-state index in [1.807, 2.05) is 6.07 Å². The van der Waals surface area contributed by atoms with E-state index in [2.05, 4.69) is 18.7 Å². The highest BCUT2D eigenvalue weighted by Gasteiger charge is 2.29. The Morgan fingerprint density at radius 1 is 1.47 bits per heavy atom.